The van der Waals surface area contributed by atoms with E-state index in [2.05, 4.69) is 26.6 Å². The zero-order chi connectivity index (χ0) is 16.3. The molecule has 0 aliphatic heterocycles. The fraction of sp³-hybridized carbons (Fsp3) is 0.133. The van der Waals surface area contributed by atoms with E-state index in [0.29, 0.717) is 5.69 Å². The van der Waals surface area contributed by atoms with Gasteiger partial charge in [0.1, 0.15) is 0 Å². The molecule has 0 aliphatic carbocycles. The zero-order valence-corrected chi connectivity index (χ0v) is 13.0. The van der Waals surface area contributed by atoms with Crippen molar-refractivity contribution in [3.8, 4) is 0 Å². The van der Waals surface area contributed by atoms with E-state index < -0.39 is 17.8 Å². The Labute approximate surface area is 133 Å². The summed E-state index contributed by atoms with van der Waals surface area (Å²) in [6, 6.07) is 9.93. The van der Waals surface area contributed by atoms with Gasteiger partial charge in [0.2, 0.25) is 0 Å². The highest BCUT2D eigenvalue weighted by atomic mass is 79.9. The Balaban J connectivity index is 2.10. The van der Waals surface area contributed by atoms with Crippen molar-refractivity contribution in [2.24, 2.45) is 0 Å². The molecule has 0 bridgehead atoms. The van der Waals surface area contributed by atoms with Gasteiger partial charge in [-0.25, -0.2) is 4.79 Å². The molecule has 0 aliphatic rings. The molecule has 0 atom stereocenters. The molecule has 2 N–H and O–H groups in total. The van der Waals surface area contributed by atoms with Crippen molar-refractivity contribution in [2.45, 2.75) is 13.1 Å². The third-order valence-corrected chi connectivity index (χ3v) is 3.53. The van der Waals surface area contributed by atoms with Gasteiger partial charge in [-0.15, -0.1) is 0 Å². The zero-order valence-electron chi connectivity index (χ0n) is 11.5. The van der Waals surface area contributed by atoms with E-state index in [1.807, 2.05) is 19.1 Å². The average Bonchev–Trinajstić information content (AvgIpc) is 2.42. The second-order valence-corrected chi connectivity index (χ2v) is 5.49. The van der Waals surface area contributed by atoms with Crippen LogP contribution in [0.4, 0.5) is 29.3 Å². The molecule has 2 aromatic rings. The topological polar surface area (TPSA) is 41.1 Å². The Morgan fingerprint density at radius 3 is 2.14 bits per heavy atom. The summed E-state index contributed by atoms with van der Waals surface area (Å²) in [6.45, 7) is 1.91. The molecular formula is C15H12BrF3N2O. The quantitative estimate of drug-likeness (QED) is 0.725. The fourth-order valence-electron chi connectivity index (χ4n) is 1.75. The van der Waals surface area contributed by atoms with E-state index in [1.165, 1.54) is 12.1 Å². The highest BCUT2D eigenvalue weighted by Gasteiger charge is 2.33. The highest BCUT2D eigenvalue weighted by molar-refractivity contribution is 9.10. The lowest BCUT2D eigenvalue weighted by Gasteiger charge is -2.12. The Morgan fingerprint density at radius 2 is 1.55 bits per heavy atom. The first-order valence-electron chi connectivity index (χ1n) is 6.27. The van der Waals surface area contributed by atoms with Crippen LogP contribution in [0.3, 0.4) is 0 Å². The molecule has 116 valence electrons. The molecule has 0 saturated heterocycles. The van der Waals surface area contributed by atoms with Crippen LogP contribution in [0.2, 0.25) is 0 Å². The Kier molecular flexibility index (Phi) is 4.75. The molecule has 2 amide bonds. The van der Waals surface area contributed by atoms with E-state index in [1.54, 1.807) is 12.1 Å². The number of hydrogen-bond acceptors (Lipinski definition) is 1. The number of anilines is 2. The molecule has 0 saturated carbocycles. The minimum Gasteiger partial charge on any atom is -0.308 e. The first-order valence-corrected chi connectivity index (χ1v) is 7.06. The van der Waals surface area contributed by atoms with Gasteiger partial charge in [0.25, 0.3) is 0 Å². The summed E-state index contributed by atoms with van der Waals surface area (Å²) >= 11 is 2.84. The summed E-state index contributed by atoms with van der Waals surface area (Å²) in [4.78, 5) is 11.8. The van der Waals surface area contributed by atoms with Crippen molar-refractivity contribution in [1.29, 1.82) is 0 Å². The number of carbonyl (C=O) groups excluding carboxylic acids is 1. The van der Waals surface area contributed by atoms with E-state index in [4.69, 9.17) is 0 Å². The normalized spacial score (nSPS) is 11.1. The van der Waals surface area contributed by atoms with Gasteiger partial charge in [0, 0.05) is 15.8 Å². The van der Waals surface area contributed by atoms with Crippen molar-refractivity contribution < 1.29 is 18.0 Å². The summed E-state index contributed by atoms with van der Waals surface area (Å²) < 4.78 is 38.3. The van der Waals surface area contributed by atoms with Gasteiger partial charge in [0.05, 0.1) is 5.56 Å². The van der Waals surface area contributed by atoms with Crippen LogP contribution in [-0.2, 0) is 6.18 Å². The first-order chi connectivity index (χ1) is 10.3. The van der Waals surface area contributed by atoms with Crippen molar-refractivity contribution in [3.63, 3.8) is 0 Å². The minimum atomic E-state index is -4.50. The van der Waals surface area contributed by atoms with Gasteiger partial charge in [-0.1, -0.05) is 33.6 Å². The van der Waals surface area contributed by atoms with Gasteiger partial charge in [-0.05, 0) is 37.3 Å². The van der Waals surface area contributed by atoms with Crippen molar-refractivity contribution in [1.82, 2.24) is 0 Å². The smallest absolute Gasteiger partial charge is 0.308 e. The number of benzene rings is 2. The van der Waals surface area contributed by atoms with E-state index in [0.717, 1.165) is 11.6 Å². The lowest BCUT2D eigenvalue weighted by molar-refractivity contribution is -0.138. The first kappa shape index (κ1) is 16.4. The van der Waals surface area contributed by atoms with Crippen LogP contribution < -0.4 is 10.6 Å². The molecule has 0 aromatic heterocycles. The summed E-state index contributed by atoms with van der Waals surface area (Å²) in [6.07, 6.45) is -4.50. The summed E-state index contributed by atoms with van der Waals surface area (Å²) in [5.41, 5.74) is 0.797. The fourth-order valence-corrected chi connectivity index (χ4v) is 2.22. The molecule has 0 unspecified atom stereocenters. The number of aryl methyl sites for hydroxylation is 1. The third kappa shape index (κ3) is 4.24. The number of nitrogens with one attached hydrogen (secondary N) is 2. The number of urea groups is 1. The van der Waals surface area contributed by atoms with E-state index >= 15 is 0 Å². The largest absolute Gasteiger partial charge is 0.417 e. The molecule has 0 heterocycles. The molecule has 0 spiro atoms. The number of carbonyl (C=O) groups is 1. The van der Waals surface area contributed by atoms with Crippen LogP contribution in [0.15, 0.2) is 46.9 Å². The standard InChI is InChI=1S/C15H12BrF3N2O/c1-9-2-4-10(5-3-9)20-14(22)21-11-6-7-13(16)12(8-11)15(17,18)19/h2-8H,1H3,(H2,20,21,22). The second-order valence-electron chi connectivity index (χ2n) is 4.64. The van der Waals surface area contributed by atoms with Crippen LogP contribution in [-0.4, -0.2) is 6.03 Å². The SMILES string of the molecule is Cc1ccc(NC(=O)Nc2ccc(Br)c(C(F)(F)F)c2)cc1. The van der Waals surface area contributed by atoms with E-state index in [-0.39, 0.29) is 10.2 Å². The van der Waals surface area contributed by atoms with Gasteiger partial charge >= 0.3 is 12.2 Å². The lowest BCUT2D eigenvalue weighted by atomic mass is 10.2. The maximum absolute atomic E-state index is 12.8. The summed E-state index contributed by atoms with van der Waals surface area (Å²) in [5.74, 6) is 0. The van der Waals surface area contributed by atoms with Gasteiger partial charge in [-0.2, -0.15) is 13.2 Å². The number of rotatable bonds is 2. The molecule has 0 fully saturated rings. The minimum absolute atomic E-state index is 0.0557. The van der Waals surface area contributed by atoms with E-state index in [9.17, 15) is 18.0 Å². The molecule has 2 aromatic carbocycles. The monoisotopic (exact) mass is 372 g/mol. The molecule has 0 radical (unpaired) electrons. The van der Waals surface area contributed by atoms with Gasteiger partial charge < -0.3 is 10.6 Å². The molecule has 22 heavy (non-hydrogen) atoms. The Hall–Kier alpha value is -2.02. The van der Waals surface area contributed by atoms with Crippen molar-refractivity contribution in [3.05, 3.63) is 58.1 Å². The molecule has 7 heteroatoms. The number of alkyl halides is 3. The Bertz CT molecular complexity index is 684. The lowest BCUT2D eigenvalue weighted by Crippen LogP contribution is -2.19. The van der Waals surface area contributed by atoms with Gasteiger partial charge in [0.15, 0.2) is 0 Å². The number of halogens is 4. The Morgan fingerprint density at radius 1 is 1.00 bits per heavy atom. The number of hydrogen-bond donors (Lipinski definition) is 2. The van der Waals surface area contributed by atoms with Crippen LogP contribution in [0.25, 0.3) is 0 Å². The van der Waals surface area contributed by atoms with Crippen LogP contribution in [0.5, 0.6) is 0 Å². The molecule has 3 nitrogen and oxygen atoms in total. The van der Waals surface area contributed by atoms with Crippen LogP contribution in [0, 0.1) is 6.92 Å². The third-order valence-electron chi connectivity index (χ3n) is 2.84. The predicted molar refractivity (Wildman–Crippen MR) is 83.0 cm³/mol. The summed E-state index contributed by atoms with van der Waals surface area (Å²) in [5, 5.41) is 4.92. The second kappa shape index (κ2) is 6.39. The van der Waals surface area contributed by atoms with Crippen molar-refractivity contribution in [2.75, 3.05) is 10.6 Å². The highest BCUT2D eigenvalue weighted by Crippen LogP contribution is 2.36. The maximum Gasteiger partial charge on any atom is 0.417 e. The number of amides is 2. The van der Waals surface area contributed by atoms with Crippen LogP contribution >= 0.6 is 15.9 Å². The predicted octanol–water partition coefficient (Wildman–Crippen LogP) is 5.42. The summed E-state index contributed by atoms with van der Waals surface area (Å²) in [7, 11) is 0. The van der Waals surface area contributed by atoms with Gasteiger partial charge in [-0.3, -0.25) is 0 Å². The maximum atomic E-state index is 12.8. The molecule has 2 rings (SSSR count). The molecular weight excluding hydrogens is 361 g/mol. The average molecular weight is 373 g/mol. The van der Waals surface area contributed by atoms with Crippen molar-refractivity contribution >= 4 is 33.3 Å². The van der Waals surface area contributed by atoms with Crippen LogP contribution in [0.1, 0.15) is 11.1 Å².